The van der Waals surface area contributed by atoms with E-state index in [1.165, 1.54) is 12.3 Å². The van der Waals surface area contributed by atoms with Crippen molar-refractivity contribution in [2.75, 3.05) is 0 Å². The maximum absolute atomic E-state index is 10.7. The summed E-state index contributed by atoms with van der Waals surface area (Å²) < 4.78 is 0.571. The van der Waals surface area contributed by atoms with Crippen molar-refractivity contribution in [2.24, 2.45) is 10.8 Å². The molecule has 0 unspecified atom stereocenters. The number of nitrogens with zero attached hydrogens (tertiary/aromatic N) is 2. The second-order valence-electron chi connectivity index (χ2n) is 2.70. The van der Waals surface area contributed by atoms with Gasteiger partial charge in [-0.25, -0.2) is 0 Å². The highest BCUT2D eigenvalue weighted by molar-refractivity contribution is 14.1. The van der Waals surface area contributed by atoms with Crippen LogP contribution in [0, 0.1) is 13.7 Å². The fourth-order valence-corrected chi connectivity index (χ4v) is 1.51. The Bertz CT molecular complexity index is 463. The first-order valence-electron chi connectivity index (χ1n) is 4.03. The van der Waals surface area contributed by atoms with Crippen LogP contribution in [0.25, 0.3) is 0 Å². The van der Waals surface area contributed by atoms with Gasteiger partial charge in [0.05, 0.1) is 14.7 Å². The van der Waals surface area contributed by atoms with Gasteiger partial charge in [-0.05, 0) is 40.9 Å². The predicted molar refractivity (Wildman–Crippen MR) is 73.3 cm³/mol. The molecular formula is C8H7IN4O2S. The number of hydrogen-bond acceptors (Lipinski definition) is 4. The summed E-state index contributed by atoms with van der Waals surface area (Å²) in [5.41, 5.74) is 8.16. The Balaban J connectivity index is 2.91. The predicted octanol–water partition coefficient (Wildman–Crippen LogP) is 1.37. The van der Waals surface area contributed by atoms with E-state index in [0.29, 0.717) is 9.13 Å². The molecule has 0 heterocycles. The molecule has 0 atom stereocenters. The molecule has 6 nitrogen and oxygen atoms in total. The van der Waals surface area contributed by atoms with Crippen molar-refractivity contribution >= 4 is 51.8 Å². The van der Waals surface area contributed by atoms with Crippen LogP contribution in [0.2, 0.25) is 0 Å². The van der Waals surface area contributed by atoms with Gasteiger partial charge in [0.25, 0.3) is 5.69 Å². The van der Waals surface area contributed by atoms with Gasteiger partial charge in [0, 0.05) is 11.6 Å². The van der Waals surface area contributed by atoms with Crippen LogP contribution in [0.5, 0.6) is 0 Å². The number of rotatable bonds is 3. The van der Waals surface area contributed by atoms with Crippen molar-refractivity contribution in [2.45, 2.75) is 0 Å². The average molecular weight is 350 g/mol. The topological polar surface area (TPSA) is 93.5 Å². The maximum atomic E-state index is 10.7. The van der Waals surface area contributed by atoms with Gasteiger partial charge in [-0.3, -0.25) is 15.5 Å². The van der Waals surface area contributed by atoms with E-state index in [1.807, 2.05) is 22.6 Å². The third kappa shape index (κ3) is 3.70. The fourth-order valence-electron chi connectivity index (χ4n) is 0.920. The number of hydrazone groups is 1. The molecule has 0 spiro atoms. The number of nitro groups is 1. The normalized spacial score (nSPS) is 10.3. The van der Waals surface area contributed by atoms with Gasteiger partial charge in [-0.15, -0.1) is 0 Å². The van der Waals surface area contributed by atoms with E-state index in [-0.39, 0.29) is 10.8 Å². The molecule has 8 heteroatoms. The van der Waals surface area contributed by atoms with E-state index >= 15 is 0 Å². The minimum absolute atomic E-state index is 0.0382. The molecule has 0 aliphatic carbocycles. The van der Waals surface area contributed by atoms with Gasteiger partial charge < -0.3 is 5.73 Å². The molecule has 0 radical (unpaired) electrons. The summed E-state index contributed by atoms with van der Waals surface area (Å²) in [7, 11) is 0. The number of halogens is 1. The van der Waals surface area contributed by atoms with Crippen molar-refractivity contribution in [3.8, 4) is 0 Å². The third-order valence-corrected chi connectivity index (χ3v) is 2.56. The van der Waals surface area contributed by atoms with E-state index in [4.69, 9.17) is 5.73 Å². The number of thiocarbonyl (C=S) groups is 1. The Kier molecular flexibility index (Phi) is 4.55. The van der Waals surface area contributed by atoms with Gasteiger partial charge in [0.2, 0.25) is 0 Å². The van der Waals surface area contributed by atoms with Crippen LogP contribution in [0.4, 0.5) is 5.69 Å². The van der Waals surface area contributed by atoms with Crippen LogP contribution in [-0.2, 0) is 0 Å². The number of hydrogen-bond donors (Lipinski definition) is 2. The second kappa shape index (κ2) is 5.70. The molecule has 0 saturated heterocycles. The smallest absolute Gasteiger partial charge is 0.283 e. The monoisotopic (exact) mass is 350 g/mol. The zero-order chi connectivity index (χ0) is 12.1. The summed E-state index contributed by atoms with van der Waals surface area (Å²) in [6, 6.07) is 4.77. The lowest BCUT2D eigenvalue weighted by Gasteiger charge is -1.97. The lowest BCUT2D eigenvalue weighted by Crippen LogP contribution is -2.23. The number of nitro benzene ring substituents is 1. The summed E-state index contributed by atoms with van der Waals surface area (Å²) in [6.07, 6.45) is 1.40. The Morgan fingerprint density at radius 1 is 1.69 bits per heavy atom. The van der Waals surface area contributed by atoms with Crippen LogP contribution in [0.15, 0.2) is 23.3 Å². The van der Waals surface area contributed by atoms with Crippen molar-refractivity contribution in [3.05, 3.63) is 37.4 Å². The van der Waals surface area contributed by atoms with Crippen LogP contribution < -0.4 is 11.2 Å². The minimum atomic E-state index is -0.444. The highest BCUT2D eigenvalue weighted by atomic mass is 127. The largest absolute Gasteiger partial charge is 0.375 e. The molecule has 3 N–H and O–H groups in total. The van der Waals surface area contributed by atoms with Crippen molar-refractivity contribution < 1.29 is 4.92 Å². The summed E-state index contributed by atoms with van der Waals surface area (Å²) >= 11 is 6.44. The summed E-state index contributed by atoms with van der Waals surface area (Å²) in [5.74, 6) is 0. The van der Waals surface area contributed by atoms with Crippen molar-refractivity contribution in [3.63, 3.8) is 0 Å². The fraction of sp³-hybridized carbons (Fsp3) is 0. The summed E-state index contributed by atoms with van der Waals surface area (Å²) in [4.78, 5) is 10.2. The van der Waals surface area contributed by atoms with E-state index in [1.54, 1.807) is 12.1 Å². The Morgan fingerprint density at radius 3 is 2.94 bits per heavy atom. The minimum Gasteiger partial charge on any atom is -0.375 e. The number of nitrogens with one attached hydrogen (secondary N) is 1. The molecule has 0 aromatic heterocycles. The van der Waals surface area contributed by atoms with E-state index in [2.05, 4.69) is 22.7 Å². The first-order valence-corrected chi connectivity index (χ1v) is 5.52. The molecule has 1 aromatic carbocycles. The van der Waals surface area contributed by atoms with Crippen molar-refractivity contribution in [1.82, 2.24) is 5.43 Å². The number of nitrogens with two attached hydrogens (primary N) is 1. The van der Waals surface area contributed by atoms with Gasteiger partial charge in [0.15, 0.2) is 5.11 Å². The Morgan fingerprint density at radius 2 is 2.38 bits per heavy atom. The Labute approximate surface area is 110 Å². The third-order valence-electron chi connectivity index (χ3n) is 1.56. The van der Waals surface area contributed by atoms with E-state index < -0.39 is 4.92 Å². The average Bonchev–Trinajstić information content (AvgIpc) is 2.19. The maximum Gasteiger partial charge on any atom is 0.283 e. The van der Waals surface area contributed by atoms with Gasteiger partial charge in [-0.1, -0.05) is 6.07 Å². The zero-order valence-corrected chi connectivity index (χ0v) is 10.9. The number of benzene rings is 1. The highest BCUT2D eigenvalue weighted by Crippen LogP contribution is 2.21. The van der Waals surface area contributed by atoms with Gasteiger partial charge in [-0.2, -0.15) is 5.10 Å². The van der Waals surface area contributed by atoms with Crippen LogP contribution in [0.1, 0.15) is 5.56 Å². The van der Waals surface area contributed by atoms with Crippen LogP contribution >= 0.6 is 34.8 Å². The molecule has 0 aliphatic heterocycles. The quantitative estimate of drug-likeness (QED) is 0.282. The molecule has 1 rings (SSSR count). The molecule has 0 fully saturated rings. The highest BCUT2D eigenvalue weighted by Gasteiger charge is 2.11. The molecule has 84 valence electrons. The lowest BCUT2D eigenvalue weighted by atomic mass is 10.2. The molecule has 0 bridgehead atoms. The first kappa shape index (κ1) is 12.8. The van der Waals surface area contributed by atoms with Gasteiger partial charge >= 0.3 is 0 Å². The van der Waals surface area contributed by atoms with Gasteiger partial charge in [0.1, 0.15) is 0 Å². The molecule has 0 aliphatic rings. The molecule has 1 aromatic rings. The van der Waals surface area contributed by atoms with E-state index in [9.17, 15) is 10.1 Å². The zero-order valence-electron chi connectivity index (χ0n) is 7.88. The SMILES string of the molecule is NC(=S)NN=Cc1ccc(I)c([N+](=O)[O-])c1. The lowest BCUT2D eigenvalue weighted by molar-refractivity contribution is -0.385. The molecule has 0 saturated carbocycles. The molecular weight excluding hydrogens is 343 g/mol. The van der Waals surface area contributed by atoms with Crippen LogP contribution in [0.3, 0.4) is 0 Å². The first-order chi connectivity index (χ1) is 7.50. The summed E-state index contributed by atoms with van der Waals surface area (Å²) in [6.45, 7) is 0. The van der Waals surface area contributed by atoms with Crippen LogP contribution in [-0.4, -0.2) is 16.3 Å². The Hall–Kier alpha value is -1.29. The molecule has 0 amide bonds. The second-order valence-corrected chi connectivity index (χ2v) is 4.30. The standard InChI is InChI=1S/C8H7IN4O2S/c9-6-2-1-5(3-7(6)13(14)15)4-11-12-8(10)16/h1-4H,(H3,10,12,16). The summed E-state index contributed by atoms with van der Waals surface area (Å²) in [5, 5.41) is 14.4. The molecule has 16 heavy (non-hydrogen) atoms. The van der Waals surface area contributed by atoms with Crippen molar-refractivity contribution in [1.29, 1.82) is 0 Å². The van der Waals surface area contributed by atoms with E-state index in [0.717, 1.165) is 0 Å².